The average molecular weight is 421 g/mol. The van der Waals surface area contributed by atoms with E-state index >= 15 is 0 Å². The minimum atomic E-state index is -0.00413. The number of nitrogens with zero attached hydrogens (tertiary/aromatic N) is 1. The van der Waals surface area contributed by atoms with Crippen molar-refractivity contribution in [3.63, 3.8) is 0 Å². The lowest BCUT2D eigenvalue weighted by molar-refractivity contribution is 0.146. The monoisotopic (exact) mass is 420 g/mol. The van der Waals surface area contributed by atoms with Crippen molar-refractivity contribution in [3.05, 3.63) is 83.0 Å². The lowest BCUT2D eigenvalue weighted by Gasteiger charge is -2.34. The maximum Gasteiger partial charge on any atom is 0.217 e. The molecule has 2 aromatic carbocycles. The van der Waals surface area contributed by atoms with E-state index in [0.717, 1.165) is 29.0 Å². The van der Waals surface area contributed by atoms with E-state index in [1.165, 1.54) is 11.1 Å². The van der Waals surface area contributed by atoms with Crippen LogP contribution in [-0.2, 0) is 11.2 Å². The van der Waals surface area contributed by atoms with Crippen LogP contribution in [-0.4, -0.2) is 39.5 Å². The molecule has 3 aromatic rings. The van der Waals surface area contributed by atoms with Crippen molar-refractivity contribution < 1.29 is 18.9 Å². The Labute approximate surface area is 183 Å². The molecular formula is C25H28N2O4. The second kappa shape index (κ2) is 9.81. The van der Waals surface area contributed by atoms with Gasteiger partial charge >= 0.3 is 0 Å². The van der Waals surface area contributed by atoms with Crippen molar-refractivity contribution in [2.45, 2.75) is 18.5 Å². The van der Waals surface area contributed by atoms with E-state index in [2.05, 4.69) is 40.6 Å². The van der Waals surface area contributed by atoms with E-state index in [4.69, 9.17) is 18.9 Å². The van der Waals surface area contributed by atoms with Gasteiger partial charge in [0.25, 0.3) is 0 Å². The quantitative estimate of drug-likeness (QED) is 0.554. The molecule has 1 aromatic heterocycles. The maximum atomic E-state index is 5.85. The SMILES string of the molecule is COCCOc1cccc([C@@H]2N[C@H](c3cccnc3OC)Cc3cc(OC)ccc32)c1. The molecule has 0 fully saturated rings. The van der Waals surface area contributed by atoms with Gasteiger partial charge in [-0.2, -0.15) is 0 Å². The zero-order valence-corrected chi connectivity index (χ0v) is 18.1. The molecule has 6 heteroatoms. The Balaban J connectivity index is 1.72. The number of methoxy groups -OCH3 is 3. The van der Waals surface area contributed by atoms with Crippen LogP contribution in [0.4, 0.5) is 0 Å². The van der Waals surface area contributed by atoms with Gasteiger partial charge in [-0.1, -0.05) is 24.3 Å². The van der Waals surface area contributed by atoms with E-state index in [9.17, 15) is 0 Å². The van der Waals surface area contributed by atoms with Crippen molar-refractivity contribution >= 4 is 0 Å². The second-order valence-electron chi connectivity index (χ2n) is 7.44. The van der Waals surface area contributed by atoms with Gasteiger partial charge in [0.15, 0.2) is 0 Å². The number of ether oxygens (including phenoxy) is 4. The molecule has 4 rings (SSSR count). The standard InChI is InChI=1S/C25H28N2O4/c1-28-12-13-31-20-7-4-6-17(14-20)24-21-10-9-19(29-2)15-18(21)16-23(27-24)22-8-5-11-26-25(22)30-3/h4-11,14-15,23-24,27H,12-13,16H2,1-3H3/t23-,24-/m0/s1. The van der Waals surface area contributed by atoms with Crippen LogP contribution in [0, 0.1) is 0 Å². The van der Waals surface area contributed by atoms with Crippen LogP contribution in [0.3, 0.4) is 0 Å². The molecular weight excluding hydrogens is 392 g/mol. The van der Waals surface area contributed by atoms with Gasteiger partial charge in [-0.25, -0.2) is 4.98 Å². The fourth-order valence-electron chi connectivity index (χ4n) is 4.08. The highest BCUT2D eigenvalue weighted by molar-refractivity contribution is 5.47. The predicted molar refractivity (Wildman–Crippen MR) is 119 cm³/mol. The van der Waals surface area contributed by atoms with Crippen molar-refractivity contribution in [3.8, 4) is 17.4 Å². The molecule has 6 nitrogen and oxygen atoms in total. The van der Waals surface area contributed by atoms with Gasteiger partial charge in [-0.3, -0.25) is 5.32 Å². The molecule has 0 spiro atoms. The molecule has 0 unspecified atom stereocenters. The number of benzene rings is 2. The van der Waals surface area contributed by atoms with Gasteiger partial charge in [0.2, 0.25) is 5.88 Å². The molecule has 0 saturated heterocycles. The number of pyridine rings is 1. The first-order chi connectivity index (χ1) is 15.2. The predicted octanol–water partition coefficient (Wildman–Crippen LogP) is 4.10. The summed E-state index contributed by atoms with van der Waals surface area (Å²) < 4.78 is 22.0. The first-order valence-corrected chi connectivity index (χ1v) is 10.4. The van der Waals surface area contributed by atoms with Crippen molar-refractivity contribution in [2.24, 2.45) is 0 Å². The Morgan fingerprint density at radius 1 is 0.903 bits per heavy atom. The normalized spacial score (nSPS) is 17.6. The lowest BCUT2D eigenvalue weighted by Crippen LogP contribution is -2.34. The van der Waals surface area contributed by atoms with Crippen LogP contribution in [0.15, 0.2) is 60.8 Å². The number of aromatic nitrogens is 1. The van der Waals surface area contributed by atoms with Gasteiger partial charge in [-0.05, 0) is 53.4 Å². The summed E-state index contributed by atoms with van der Waals surface area (Å²) >= 11 is 0. The van der Waals surface area contributed by atoms with Crippen LogP contribution in [0.5, 0.6) is 17.4 Å². The summed E-state index contributed by atoms with van der Waals surface area (Å²) in [6.07, 6.45) is 2.57. The summed E-state index contributed by atoms with van der Waals surface area (Å²) in [5.74, 6) is 2.32. The van der Waals surface area contributed by atoms with Gasteiger partial charge < -0.3 is 18.9 Å². The third-order valence-corrected chi connectivity index (χ3v) is 5.57. The molecule has 2 heterocycles. The van der Waals surface area contributed by atoms with E-state index in [1.807, 2.05) is 24.3 Å². The summed E-state index contributed by atoms with van der Waals surface area (Å²) in [6.45, 7) is 1.07. The van der Waals surface area contributed by atoms with Crippen LogP contribution in [0.2, 0.25) is 0 Å². The summed E-state index contributed by atoms with van der Waals surface area (Å²) in [6, 6.07) is 18.5. The summed E-state index contributed by atoms with van der Waals surface area (Å²) in [5, 5.41) is 3.81. The van der Waals surface area contributed by atoms with E-state index < -0.39 is 0 Å². The van der Waals surface area contributed by atoms with Gasteiger partial charge in [-0.15, -0.1) is 0 Å². The first-order valence-electron chi connectivity index (χ1n) is 10.4. The number of rotatable bonds is 8. The molecule has 2 atom stereocenters. The number of nitrogens with one attached hydrogen (secondary N) is 1. The summed E-state index contributed by atoms with van der Waals surface area (Å²) in [5.41, 5.74) is 4.64. The van der Waals surface area contributed by atoms with Crippen molar-refractivity contribution in [2.75, 3.05) is 34.5 Å². The van der Waals surface area contributed by atoms with Gasteiger partial charge in [0.05, 0.1) is 26.9 Å². The van der Waals surface area contributed by atoms with E-state index in [-0.39, 0.29) is 12.1 Å². The number of fused-ring (bicyclic) bond motifs is 1. The van der Waals surface area contributed by atoms with Crippen molar-refractivity contribution in [1.82, 2.24) is 10.3 Å². The average Bonchev–Trinajstić information content (AvgIpc) is 2.83. The highest BCUT2D eigenvalue weighted by Gasteiger charge is 2.30. The number of hydrogen-bond acceptors (Lipinski definition) is 6. The minimum absolute atomic E-state index is 0.00413. The Hall–Kier alpha value is -3.09. The maximum absolute atomic E-state index is 5.85. The van der Waals surface area contributed by atoms with Crippen LogP contribution in [0.1, 0.15) is 34.3 Å². The first kappa shape index (κ1) is 21.2. The minimum Gasteiger partial charge on any atom is -0.497 e. The van der Waals surface area contributed by atoms with Crippen LogP contribution >= 0.6 is 0 Å². The highest BCUT2D eigenvalue weighted by Crippen LogP contribution is 2.39. The van der Waals surface area contributed by atoms with Gasteiger partial charge in [0.1, 0.15) is 18.1 Å². The third-order valence-electron chi connectivity index (χ3n) is 5.57. The van der Waals surface area contributed by atoms with Gasteiger partial charge in [0, 0.05) is 24.9 Å². The fourth-order valence-corrected chi connectivity index (χ4v) is 4.08. The molecule has 0 aliphatic carbocycles. The number of hydrogen-bond donors (Lipinski definition) is 1. The molecule has 0 bridgehead atoms. The van der Waals surface area contributed by atoms with E-state index in [1.54, 1.807) is 27.5 Å². The topological polar surface area (TPSA) is 61.8 Å². The molecule has 1 aliphatic heterocycles. The molecule has 0 saturated carbocycles. The Morgan fingerprint density at radius 3 is 2.61 bits per heavy atom. The summed E-state index contributed by atoms with van der Waals surface area (Å²) in [7, 11) is 5.02. The summed E-state index contributed by atoms with van der Waals surface area (Å²) in [4.78, 5) is 4.40. The van der Waals surface area contributed by atoms with Crippen molar-refractivity contribution in [1.29, 1.82) is 0 Å². The fraction of sp³-hybridized carbons (Fsp3) is 0.320. The molecule has 1 aliphatic rings. The molecule has 31 heavy (non-hydrogen) atoms. The molecule has 162 valence electrons. The Bertz CT molecular complexity index is 1020. The third kappa shape index (κ3) is 4.65. The molecule has 0 amide bonds. The smallest absolute Gasteiger partial charge is 0.217 e. The zero-order valence-electron chi connectivity index (χ0n) is 18.1. The molecule has 1 N–H and O–H groups in total. The highest BCUT2D eigenvalue weighted by atomic mass is 16.5. The largest absolute Gasteiger partial charge is 0.497 e. The zero-order chi connectivity index (χ0) is 21.6. The Morgan fingerprint density at radius 2 is 1.81 bits per heavy atom. The van der Waals surface area contributed by atoms with Crippen LogP contribution in [0.25, 0.3) is 0 Å². The molecule has 0 radical (unpaired) electrons. The van der Waals surface area contributed by atoms with E-state index in [0.29, 0.717) is 19.1 Å². The Kier molecular flexibility index (Phi) is 6.70. The second-order valence-corrected chi connectivity index (χ2v) is 7.44. The lowest BCUT2D eigenvalue weighted by atomic mass is 9.84. The van der Waals surface area contributed by atoms with Crippen LogP contribution < -0.4 is 19.5 Å².